The molecule has 3 aliphatic heterocycles. The highest BCUT2D eigenvalue weighted by Gasteiger charge is 2.41. The van der Waals surface area contributed by atoms with Crippen molar-refractivity contribution in [3.05, 3.63) is 36.4 Å². The van der Waals surface area contributed by atoms with Crippen LogP contribution < -0.4 is 24.0 Å². The molecule has 0 atom stereocenters. The number of fused-ring (bicyclic) bond motifs is 2. The van der Waals surface area contributed by atoms with E-state index in [0.29, 0.717) is 43.4 Å². The second-order valence-electron chi connectivity index (χ2n) is 8.74. The van der Waals surface area contributed by atoms with Gasteiger partial charge < -0.3 is 19.1 Å². The van der Waals surface area contributed by atoms with E-state index < -0.39 is 16.1 Å². The summed E-state index contributed by atoms with van der Waals surface area (Å²) in [5, 5.41) is 0. The standard InChI is InChI=1S/C24H30N4O6S/c1-25-19-16-21-22(34-15-5-14-33-21)17-23(19)35(30,31)28(24(25)29)13-10-26-8-11-27(12-9-26)18-6-3-4-7-20(18)32-2/h3-4,6-7,16-17H,5,8-15H2,1-2H3. The van der Waals surface area contributed by atoms with Crippen molar-refractivity contribution in [1.29, 1.82) is 0 Å². The number of piperazine rings is 1. The van der Waals surface area contributed by atoms with Crippen molar-refractivity contribution < 1.29 is 27.4 Å². The highest BCUT2D eigenvalue weighted by molar-refractivity contribution is 7.90. The molecule has 3 aliphatic rings. The number of anilines is 2. The highest BCUT2D eigenvalue weighted by atomic mass is 32.2. The lowest BCUT2D eigenvalue weighted by Gasteiger charge is -2.38. The minimum Gasteiger partial charge on any atom is -0.495 e. The fourth-order valence-electron chi connectivity index (χ4n) is 4.69. The van der Waals surface area contributed by atoms with Crippen LogP contribution in [-0.4, -0.2) is 90.3 Å². The molecule has 0 radical (unpaired) electrons. The van der Waals surface area contributed by atoms with Crippen LogP contribution in [0.3, 0.4) is 0 Å². The maximum atomic E-state index is 13.5. The first-order valence-corrected chi connectivity index (χ1v) is 13.2. The lowest BCUT2D eigenvalue weighted by atomic mass is 10.2. The van der Waals surface area contributed by atoms with E-state index in [1.54, 1.807) is 20.2 Å². The number of para-hydroxylation sites is 2. The number of rotatable bonds is 5. The lowest BCUT2D eigenvalue weighted by Crippen LogP contribution is -2.53. The Labute approximate surface area is 205 Å². The molecule has 1 fully saturated rings. The average Bonchev–Trinajstić information content (AvgIpc) is 3.12. The number of carbonyl (C=O) groups is 1. The van der Waals surface area contributed by atoms with Crippen molar-refractivity contribution >= 4 is 27.4 Å². The fourth-order valence-corrected chi connectivity index (χ4v) is 6.30. The van der Waals surface area contributed by atoms with Gasteiger partial charge in [-0.05, 0) is 12.1 Å². The van der Waals surface area contributed by atoms with Crippen molar-refractivity contribution in [3.8, 4) is 17.2 Å². The van der Waals surface area contributed by atoms with E-state index in [4.69, 9.17) is 14.2 Å². The summed E-state index contributed by atoms with van der Waals surface area (Å²) in [6.07, 6.45) is 0.706. The van der Waals surface area contributed by atoms with Crippen LogP contribution in [-0.2, 0) is 10.0 Å². The van der Waals surface area contributed by atoms with Crippen LogP contribution >= 0.6 is 0 Å². The Hall–Kier alpha value is -3.18. The zero-order valence-corrected chi connectivity index (χ0v) is 20.8. The van der Waals surface area contributed by atoms with Crippen molar-refractivity contribution in [2.45, 2.75) is 11.3 Å². The molecule has 2 amide bonds. The van der Waals surface area contributed by atoms with E-state index in [2.05, 4.69) is 9.80 Å². The molecule has 0 spiro atoms. The molecule has 5 rings (SSSR count). The van der Waals surface area contributed by atoms with E-state index in [1.165, 1.54) is 11.0 Å². The molecule has 188 valence electrons. The molecule has 0 unspecified atom stereocenters. The highest BCUT2D eigenvalue weighted by Crippen LogP contribution is 2.42. The smallest absolute Gasteiger partial charge is 0.338 e. The molecule has 2 aromatic rings. The zero-order chi connectivity index (χ0) is 24.6. The first kappa shape index (κ1) is 23.6. The van der Waals surface area contributed by atoms with Gasteiger partial charge >= 0.3 is 6.03 Å². The van der Waals surface area contributed by atoms with Crippen LogP contribution in [0.2, 0.25) is 0 Å². The van der Waals surface area contributed by atoms with Gasteiger partial charge in [0, 0.05) is 58.3 Å². The van der Waals surface area contributed by atoms with Gasteiger partial charge in [-0.3, -0.25) is 9.80 Å². The molecule has 0 N–H and O–H groups in total. The van der Waals surface area contributed by atoms with E-state index in [9.17, 15) is 13.2 Å². The monoisotopic (exact) mass is 502 g/mol. The second kappa shape index (κ2) is 9.46. The van der Waals surface area contributed by atoms with Crippen LogP contribution in [0.15, 0.2) is 41.3 Å². The molecule has 10 nitrogen and oxygen atoms in total. The third kappa shape index (κ3) is 4.34. The lowest BCUT2D eigenvalue weighted by molar-refractivity contribution is 0.212. The molecular formula is C24H30N4O6S. The molecule has 35 heavy (non-hydrogen) atoms. The predicted octanol–water partition coefficient (Wildman–Crippen LogP) is 2.24. The minimum absolute atomic E-state index is 0.0600. The Morgan fingerprint density at radius 2 is 1.63 bits per heavy atom. The predicted molar refractivity (Wildman–Crippen MR) is 131 cm³/mol. The number of ether oxygens (including phenoxy) is 3. The van der Waals surface area contributed by atoms with E-state index >= 15 is 0 Å². The number of amides is 2. The second-order valence-corrected chi connectivity index (χ2v) is 10.6. The maximum Gasteiger partial charge on any atom is 0.338 e. The Balaban J connectivity index is 1.28. The number of methoxy groups -OCH3 is 1. The maximum absolute atomic E-state index is 13.5. The summed E-state index contributed by atoms with van der Waals surface area (Å²) < 4.78 is 44.7. The Morgan fingerprint density at radius 1 is 0.943 bits per heavy atom. The van der Waals surface area contributed by atoms with E-state index in [0.717, 1.165) is 41.9 Å². The number of hydrogen-bond donors (Lipinski definition) is 0. The number of benzene rings is 2. The summed E-state index contributed by atoms with van der Waals surface area (Å²) in [7, 11) is -0.775. The molecule has 0 aliphatic carbocycles. The molecule has 2 aromatic carbocycles. The van der Waals surface area contributed by atoms with Crippen LogP contribution in [0.4, 0.5) is 16.2 Å². The zero-order valence-electron chi connectivity index (χ0n) is 20.0. The van der Waals surface area contributed by atoms with Gasteiger partial charge in [0.05, 0.1) is 38.2 Å². The van der Waals surface area contributed by atoms with Crippen LogP contribution in [0.1, 0.15) is 6.42 Å². The van der Waals surface area contributed by atoms with Crippen molar-refractivity contribution in [2.75, 3.05) is 76.4 Å². The summed E-state index contributed by atoms with van der Waals surface area (Å²) in [5.74, 6) is 1.68. The Morgan fingerprint density at radius 3 is 2.34 bits per heavy atom. The Bertz CT molecular complexity index is 1210. The first-order valence-electron chi connectivity index (χ1n) is 11.7. The van der Waals surface area contributed by atoms with Gasteiger partial charge in [0.2, 0.25) is 0 Å². The fraction of sp³-hybridized carbons (Fsp3) is 0.458. The van der Waals surface area contributed by atoms with Gasteiger partial charge in [0.1, 0.15) is 10.6 Å². The average molecular weight is 503 g/mol. The molecule has 0 aromatic heterocycles. The third-order valence-corrected chi connectivity index (χ3v) is 8.48. The summed E-state index contributed by atoms with van der Waals surface area (Å²) in [6, 6.07) is 10.4. The van der Waals surface area contributed by atoms with Crippen molar-refractivity contribution in [3.63, 3.8) is 0 Å². The number of sulfonamides is 1. The minimum atomic E-state index is -4.02. The number of urea groups is 1. The van der Waals surface area contributed by atoms with E-state index in [1.807, 2.05) is 24.3 Å². The summed E-state index contributed by atoms with van der Waals surface area (Å²) in [5.41, 5.74) is 1.35. The summed E-state index contributed by atoms with van der Waals surface area (Å²) in [4.78, 5) is 18.9. The van der Waals surface area contributed by atoms with Gasteiger partial charge in [-0.2, -0.15) is 0 Å². The Kier molecular flexibility index (Phi) is 6.37. The molecule has 0 bridgehead atoms. The third-order valence-electron chi connectivity index (χ3n) is 6.68. The largest absolute Gasteiger partial charge is 0.495 e. The van der Waals surface area contributed by atoms with Crippen LogP contribution in [0.5, 0.6) is 17.2 Å². The van der Waals surface area contributed by atoms with Gasteiger partial charge in [-0.25, -0.2) is 17.5 Å². The normalized spacial score (nSPS) is 19.8. The molecule has 3 heterocycles. The van der Waals surface area contributed by atoms with Crippen molar-refractivity contribution in [2.24, 2.45) is 0 Å². The van der Waals surface area contributed by atoms with Gasteiger partial charge in [-0.15, -0.1) is 0 Å². The number of carbonyl (C=O) groups excluding carboxylic acids is 1. The van der Waals surface area contributed by atoms with Gasteiger partial charge in [0.25, 0.3) is 10.0 Å². The molecular weight excluding hydrogens is 472 g/mol. The molecule has 11 heteroatoms. The van der Waals surface area contributed by atoms with Crippen LogP contribution in [0.25, 0.3) is 0 Å². The quantitative estimate of drug-likeness (QED) is 0.615. The van der Waals surface area contributed by atoms with Gasteiger partial charge in [-0.1, -0.05) is 12.1 Å². The van der Waals surface area contributed by atoms with E-state index in [-0.39, 0.29) is 11.4 Å². The summed E-state index contributed by atoms with van der Waals surface area (Å²) in [6.45, 7) is 4.54. The molecule has 0 saturated carbocycles. The topological polar surface area (TPSA) is 91.9 Å². The van der Waals surface area contributed by atoms with Crippen molar-refractivity contribution in [1.82, 2.24) is 9.21 Å². The SMILES string of the molecule is COc1ccccc1N1CCN(CCN2C(=O)N(C)c3cc4c(cc3S2(=O)=O)OCCCO4)CC1. The van der Waals surface area contributed by atoms with Gasteiger partial charge in [0.15, 0.2) is 11.5 Å². The number of hydrogen-bond acceptors (Lipinski definition) is 8. The molecule has 1 saturated heterocycles. The van der Waals surface area contributed by atoms with Crippen LogP contribution in [0, 0.1) is 0 Å². The number of nitrogens with zero attached hydrogens (tertiary/aromatic N) is 4. The summed E-state index contributed by atoms with van der Waals surface area (Å²) >= 11 is 0. The first-order chi connectivity index (χ1) is 16.9.